The number of fused-ring (bicyclic) bond motifs is 4. The number of anilines is 2. The largest absolute Gasteiger partial charge is 0.462 e. The predicted octanol–water partition coefficient (Wildman–Crippen LogP) is 4.88. The van der Waals surface area contributed by atoms with E-state index < -0.39 is 23.6 Å². The Balaban J connectivity index is 1.22. The normalized spacial score (nSPS) is 24.1. The van der Waals surface area contributed by atoms with E-state index in [0.29, 0.717) is 56.5 Å². The first-order valence-electron chi connectivity index (χ1n) is 15.4. The number of carbonyl (C=O) groups excluding carboxylic acids is 1. The van der Waals surface area contributed by atoms with Crippen molar-refractivity contribution < 1.29 is 18.3 Å². The van der Waals surface area contributed by atoms with E-state index >= 15 is 0 Å². The van der Waals surface area contributed by atoms with E-state index in [0.717, 1.165) is 47.8 Å². The summed E-state index contributed by atoms with van der Waals surface area (Å²) in [6.45, 7) is 15.4. The quantitative estimate of drug-likeness (QED) is 0.272. The number of ether oxygens (including phenoxy) is 1. The van der Waals surface area contributed by atoms with Gasteiger partial charge < -0.3 is 24.3 Å². The van der Waals surface area contributed by atoms with Gasteiger partial charge in [0, 0.05) is 55.4 Å². The molecule has 3 aromatic rings. The molecule has 12 heteroatoms. The van der Waals surface area contributed by atoms with E-state index in [2.05, 4.69) is 26.1 Å². The summed E-state index contributed by atoms with van der Waals surface area (Å²) in [7, 11) is 0. The average Bonchev–Trinajstić information content (AvgIpc) is 3.68. The third-order valence-corrected chi connectivity index (χ3v) is 10.1. The average molecular weight is 634 g/mol. The number of carbonyl (C=O) groups is 1. The summed E-state index contributed by atoms with van der Waals surface area (Å²) in [5.74, 6) is -0.833. The molecule has 0 aliphatic carbocycles. The van der Waals surface area contributed by atoms with E-state index in [1.54, 1.807) is 6.07 Å². The number of nitrogens with zero attached hydrogens (tertiary/aromatic N) is 7. The van der Waals surface area contributed by atoms with Crippen LogP contribution in [0.2, 0.25) is 5.02 Å². The lowest BCUT2D eigenvalue weighted by Gasteiger charge is -2.41. The van der Waals surface area contributed by atoms with E-state index in [1.165, 1.54) is 17.4 Å². The Morgan fingerprint density at radius 2 is 1.98 bits per heavy atom. The van der Waals surface area contributed by atoms with Crippen LogP contribution in [0.25, 0.3) is 15.6 Å². The third kappa shape index (κ3) is 5.55. The lowest BCUT2D eigenvalue weighted by Crippen LogP contribution is -2.57. The highest BCUT2D eigenvalue weighted by Crippen LogP contribution is 2.39. The van der Waals surface area contributed by atoms with Crippen LogP contribution in [-0.2, 0) is 17.8 Å². The Labute approximate surface area is 265 Å². The van der Waals surface area contributed by atoms with Gasteiger partial charge in [0.1, 0.15) is 24.3 Å². The summed E-state index contributed by atoms with van der Waals surface area (Å²) < 4.78 is 34.7. The van der Waals surface area contributed by atoms with Gasteiger partial charge in [-0.15, -0.1) is 0 Å². The predicted molar refractivity (Wildman–Crippen MR) is 169 cm³/mol. The van der Waals surface area contributed by atoms with Crippen LogP contribution in [0.3, 0.4) is 0 Å². The number of piperidine rings is 1. The van der Waals surface area contributed by atoms with Crippen LogP contribution in [0.5, 0.6) is 6.01 Å². The molecule has 0 spiro atoms. The Morgan fingerprint density at radius 3 is 2.73 bits per heavy atom. The molecule has 4 atom stereocenters. The second-order valence-corrected chi connectivity index (χ2v) is 12.7. The van der Waals surface area contributed by atoms with Gasteiger partial charge in [-0.05, 0) is 49.2 Å². The second-order valence-electron chi connectivity index (χ2n) is 12.4. The Kier molecular flexibility index (Phi) is 7.96. The van der Waals surface area contributed by atoms with Crippen molar-refractivity contribution in [3.05, 3.63) is 76.3 Å². The highest BCUT2D eigenvalue weighted by Gasteiger charge is 2.39. The van der Waals surface area contributed by atoms with Gasteiger partial charge in [0.25, 0.3) is 5.91 Å². The van der Waals surface area contributed by atoms with Crippen molar-refractivity contribution in [2.75, 3.05) is 62.2 Å². The maximum absolute atomic E-state index is 14.6. The molecule has 4 aliphatic rings. The van der Waals surface area contributed by atoms with Gasteiger partial charge in [0.15, 0.2) is 5.83 Å². The lowest BCUT2D eigenvalue weighted by molar-refractivity contribution is -0.131. The van der Waals surface area contributed by atoms with Crippen LogP contribution in [0.1, 0.15) is 24.1 Å². The van der Waals surface area contributed by atoms with Gasteiger partial charge in [-0.2, -0.15) is 9.97 Å². The zero-order valence-electron chi connectivity index (χ0n) is 24.9. The van der Waals surface area contributed by atoms with Crippen LogP contribution >= 0.6 is 11.6 Å². The maximum Gasteiger partial charge on any atom is 0.318 e. The van der Waals surface area contributed by atoms with Crippen molar-refractivity contribution in [2.24, 2.45) is 5.92 Å². The SMILES string of the molecule is [C-]#[N+]C[C@H]1CN(c2nc(OC[C@@H]3CC4CCN3C4)nc3c2CCN(c2cccc4ccc(F)c(Cl)c24)C3)CCN1C(=O)C(=C)F. The van der Waals surface area contributed by atoms with Crippen molar-refractivity contribution in [3.8, 4) is 6.01 Å². The monoisotopic (exact) mass is 633 g/mol. The molecule has 9 nitrogen and oxygen atoms in total. The molecule has 3 fully saturated rings. The van der Waals surface area contributed by atoms with Crippen molar-refractivity contribution in [3.63, 3.8) is 0 Å². The molecule has 1 amide bonds. The minimum absolute atomic E-state index is 0.0387. The molecule has 3 saturated heterocycles. The minimum Gasteiger partial charge on any atom is -0.462 e. The molecule has 2 unspecified atom stereocenters. The zero-order valence-corrected chi connectivity index (χ0v) is 25.6. The molecule has 1 aromatic heterocycles. The first-order valence-corrected chi connectivity index (χ1v) is 15.8. The summed E-state index contributed by atoms with van der Waals surface area (Å²) in [4.78, 5) is 34.0. The van der Waals surface area contributed by atoms with Gasteiger partial charge >= 0.3 is 6.01 Å². The molecule has 0 radical (unpaired) electrons. The number of rotatable bonds is 7. The summed E-state index contributed by atoms with van der Waals surface area (Å²) >= 11 is 6.49. The Morgan fingerprint density at radius 1 is 1.11 bits per heavy atom. The molecular weight excluding hydrogens is 600 g/mol. The standard InChI is InChI=1S/C33H34ClF2N7O2/c1-20(35)32(44)43-13-12-42(17-24(43)15-37-2)31-25-9-11-41(28-5-3-4-22-6-7-26(36)30(34)29(22)28)18-27(25)38-33(39-31)45-19-23-14-21-8-10-40(23)16-21/h3-7,21,23-24H,1,8-19H2/t21?,23-,24-/m0/s1. The molecule has 0 saturated carbocycles. The smallest absolute Gasteiger partial charge is 0.318 e. The van der Waals surface area contributed by atoms with Crippen molar-refractivity contribution >= 4 is 39.8 Å². The topological polar surface area (TPSA) is 69.4 Å². The number of aromatic nitrogens is 2. The van der Waals surface area contributed by atoms with Crippen molar-refractivity contribution in [1.29, 1.82) is 0 Å². The summed E-state index contributed by atoms with van der Waals surface area (Å²) in [6.07, 6.45) is 2.96. The molecule has 4 aliphatic heterocycles. The second kappa shape index (κ2) is 12.1. The number of benzene rings is 2. The van der Waals surface area contributed by atoms with E-state index in [4.69, 9.17) is 32.9 Å². The summed E-state index contributed by atoms with van der Waals surface area (Å²) in [6, 6.07) is 9.04. The van der Waals surface area contributed by atoms with Gasteiger partial charge in [-0.25, -0.2) is 15.4 Å². The van der Waals surface area contributed by atoms with E-state index in [1.807, 2.05) is 18.2 Å². The zero-order chi connectivity index (χ0) is 31.2. The molecule has 234 valence electrons. The van der Waals surface area contributed by atoms with Gasteiger partial charge in [0.05, 0.1) is 17.3 Å². The van der Waals surface area contributed by atoms with Crippen LogP contribution in [0, 0.1) is 18.3 Å². The van der Waals surface area contributed by atoms with Gasteiger partial charge in [-0.1, -0.05) is 36.4 Å². The lowest BCUT2D eigenvalue weighted by atomic mass is 10.0. The molecule has 7 rings (SSSR count). The fraction of sp³-hybridized carbons (Fsp3) is 0.455. The third-order valence-electron chi connectivity index (χ3n) is 9.70. The van der Waals surface area contributed by atoms with E-state index in [-0.39, 0.29) is 24.1 Å². The summed E-state index contributed by atoms with van der Waals surface area (Å²) in [5.41, 5.74) is 2.60. The van der Waals surface area contributed by atoms with Gasteiger partial charge in [-0.3, -0.25) is 9.69 Å². The number of amides is 1. The molecule has 45 heavy (non-hydrogen) atoms. The molecule has 0 N–H and O–H groups in total. The molecule has 2 aromatic carbocycles. The highest BCUT2D eigenvalue weighted by atomic mass is 35.5. The fourth-order valence-corrected chi connectivity index (χ4v) is 7.74. The molecule has 2 bridgehead atoms. The van der Waals surface area contributed by atoms with Crippen LogP contribution < -0.4 is 14.5 Å². The minimum atomic E-state index is -1.03. The first-order chi connectivity index (χ1) is 21.8. The molecular formula is C33H34ClF2N7O2. The maximum atomic E-state index is 14.6. The van der Waals surface area contributed by atoms with Crippen molar-refractivity contribution in [2.45, 2.75) is 37.9 Å². The number of halogens is 3. The van der Waals surface area contributed by atoms with Crippen LogP contribution in [0.4, 0.5) is 20.3 Å². The van der Waals surface area contributed by atoms with E-state index in [9.17, 15) is 13.6 Å². The van der Waals surface area contributed by atoms with Gasteiger partial charge in [0.2, 0.25) is 6.54 Å². The molecule has 5 heterocycles. The number of hydrogen-bond acceptors (Lipinski definition) is 7. The Bertz CT molecular complexity index is 1710. The van der Waals surface area contributed by atoms with Crippen LogP contribution in [-0.4, -0.2) is 90.2 Å². The number of hydrogen-bond donors (Lipinski definition) is 0. The summed E-state index contributed by atoms with van der Waals surface area (Å²) in [5, 5.41) is 1.61. The Hall–Kier alpha value is -4.01. The van der Waals surface area contributed by atoms with Crippen LogP contribution in [0.15, 0.2) is 42.7 Å². The highest BCUT2D eigenvalue weighted by molar-refractivity contribution is 6.36. The fourth-order valence-electron chi connectivity index (χ4n) is 7.47. The van der Waals surface area contributed by atoms with Crippen molar-refractivity contribution in [1.82, 2.24) is 19.8 Å². The number of piperazine rings is 1. The first kappa shape index (κ1) is 29.7.